The first kappa shape index (κ1) is 17.3. The van der Waals surface area contributed by atoms with Crippen LogP contribution in [0.15, 0.2) is 42.5 Å². The van der Waals surface area contributed by atoms with Gasteiger partial charge in [-0.15, -0.1) is 0 Å². The minimum absolute atomic E-state index is 0.0316. The van der Waals surface area contributed by atoms with Crippen LogP contribution >= 0.6 is 0 Å². The van der Waals surface area contributed by atoms with Crippen molar-refractivity contribution in [2.45, 2.75) is 13.8 Å². The highest BCUT2D eigenvalue weighted by molar-refractivity contribution is 6.06. The number of amides is 1. The Balaban J connectivity index is 2.43. The Morgan fingerprint density at radius 2 is 1.71 bits per heavy atom. The quantitative estimate of drug-likeness (QED) is 0.618. The van der Waals surface area contributed by atoms with Crippen LogP contribution in [0.2, 0.25) is 0 Å². The summed E-state index contributed by atoms with van der Waals surface area (Å²) in [4.78, 5) is 23.2. The maximum Gasteiger partial charge on any atom is 0.314 e. The molecule has 0 fully saturated rings. The number of nitrogens with zero attached hydrogens (tertiary/aromatic N) is 1. The molecule has 1 amide bonds. The number of nitro groups is 1. The number of para-hydroxylation sites is 1. The van der Waals surface area contributed by atoms with E-state index in [0.717, 1.165) is 0 Å². The van der Waals surface area contributed by atoms with E-state index in [1.807, 2.05) is 6.07 Å². The topological polar surface area (TPSA) is 90.7 Å². The van der Waals surface area contributed by atoms with E-state index in [1.165, 1.54) is 12.1 Å². The number of hydrogen-bond acceptors (Lipinski definition) is 5. The van der Waals surface area contributed by atoms with Gasteiger partial charge in [0.2, 0.25) is 0 Å². The van der Waals surface area contributed by atoms with Gasteiger partial charge in [-0.25, -0.2) is 0 Å². The van der Waals surface area contributed by atoms with Crippen molar-refractivity contribution in [3.8, 4) is 11.5 Å². The molecule has 0 unspecified atom stereocenters. The molecule has 7 heteroatoms. The van der Waals surface area contributed by atoms with Gasteiger partial charge in [0.15, 0.2) is 5.75 Å². The van der Waals surface area contributed by atoms with Crippen molar-refractivity contribution >= 4 is 17.3 Å². The van der Waals surface area contributed by atoms with Gasteiger partial charge >= 0.3 is 5.69 Å². The second-order valence-corrected chi connectivity index (χ2v) is 4.76. The van der Waals surface area contributed by atoms with Crippen LogP contribution in [-0.2, 0) is 0 Å². The lowest BCUT2D eigenvalue weighted by Crippen LogP contribution is -2.14. The zero-order chi connectivity index (χ0) is 17.5. The molecule has 0 aliphatic heterocycles. The number of nitro benzene ring substituents is 1. The number of ether oxygens (including phenoxy) is 2. The Morgan fingerprint density at radius 3 is 2.29 bits per heavy atom. The SMILES string of the molecule is CCOc1cc([N+](=O)[O-])c(OCC)cc1C(=O)Nc1ccccc1. The highest BCUT2D eigenvalue weighted by atomic mass is 16.6. The van der Waals surface area contributed by atoms with Crippen LogP contribution in [0.4, 0.5) is 11.4 Å². The van der Waals surface area contributed by atoms with Crippen molar-refractivity contribution in [3.63, 3.8) is 0 Å². The molecule has 0 aliphatic rings. The van der Waals surface area contributed by atoms with E-state index in [2.05, 4.69) is 5.32 Å². The fraction of sp³-hybridized carbons (Fsp3) is 0.235. The van der Waals surface area contributed by atoms with Gasteiger partial charge in [0.25, 0.3) is 5.91 Å². The van der Waals surface area contributed by atoms with Crippen molar-refractivity contribution in [1.82, 2.24) is 0 Å². The summed E-state index contributed by atoms with van der Waals surface area (Å²) in [7, 11) is 0. The number of anilines is 1. The van der Waals surface area contributed by atoms with Crippen LogP contribution in [0.25, 0.3) is 0 Å². The predicted octanol–water partition coefficient (Wildman–Crippen LogP) is 3.64. The van der Waals surface area contributed by atoms with Gasteiger partial charge in [-0.3, -0.25) is 14.9 Å². The molecule has 7 nitrogen and oxygen atoms in total. The maximum absolute atomic E-state index is 12.5. The number of rotatable bonds is 7. The summed E-state index contributed by atoms with van der Waals surface area (Å²) in [6.07, 6.45) is 0. The summed E-state index contributed by atoms with van der Waals surface area (Å²) in [6.45, 7) is 3.97. The second kappa shape index (κ2) is 7.96. The average molecular weight is 330 g/mol. The number of nitrogens with one attached hydrogen (secondary N) is 1. The Morgan fingerprint density at radius 1 is 1.08 bits per heavy atom. The molecule has 0 bridgehead atoms. The van der Waals surface area contributed by atoms with Gasteiger partial charge in [-0.05, 0) is 26.0 Å². The third-order valence-electron chi connectivity index (χ3n) is 3.13. The first-order chi connectivity index (χ1) is 11.6. The number of carbonyl (C=O) groups excluding carboxylic acids is 1. The maximum atomic E-state index is 12.5. The molecular weight excluding hydrogens is 312 g/mol. The number of hydrogen-bond donors (Lipinski definition) is 1. The molecule has 0 atom stereocenters. The highest BCUT2D eigenvalue weighted by Gasteiger charge is 2.23. The van der Waals surface area contributed by atoms with E-state index in [1.54, 1.807) is 38.1 Å². The molecule has 0 saturated heterocycles. The molecule has 2 aromatic rings. The normalized spacial score (nSPS) is 10.1. The van der Waals surface area contributed by atoms with Crippen molar-refractivity contribution in [2.75, 3.05) is 18.5 Å². The molecular formula is C17H18N2O5. The van der Waals surface area contributed by atoms with Crippen LogP contribution in [0.1, 0.15) is 24.2 Å². The fourth-order valence-corrected chi connectivity index (χ4v) is 2.14. The molecule has 2 rings (SSSR count). The van der Waals surface area contributed by atoms with Crippen molar-refractivity contribution in [2.24, 2.45) is 0 Å². The van der Waals surface area contributed by atoms with Gasteiger partial charge in [0.1, 0.15) is 5.75 Å². The van der Waals surface area contributed by atoms with Crippen LogP contribution in [0.3, 0.4) is 0 Å². The van der Waals surface area contributed by atoms with Crippen LogP contribution in [0, 0.1) is 10.1 Å². The lowest BCUT2D eigenvalue weighted by molar-refractivity contribution is -0.385. The lowest BCUT2D eigenvalue weighted by atomic mass is 10.1. The van der Waals surface area contributed by atoms with Crippen LogP contribution < -0.4 is 14.8 Å². The van der Waals surface area contributed by atoms with E-state index >= 15 is 0 Å². The van der Waals surface area contributed by atoms with Gasteiger partial charge in [0.05, 0.1) is 29.8 Å². The summed E-state index contributed by atoms with van der Waals surface area (Å²) in [5, 5.41) is 13.9. The van der Waals surface area contributed by atoms with Gasteiger partial charge < -0.3 is 14.8 Å². The lowest BCUT2D eigenvalue weighted by Gasteiger charge is -2.13. The second-order valence-electron chi connectivity index (χ2n) is 4.76. The van der Waals surface area contributed by atoms with Crippen molar-refractivity contribution in [1.29, 1.82) is 0 Å². The van der Waals surface area contributed by atoms with Crippen molar-refractivity contribution in [3.05, 3.63) is 58.1 Å². The molecule has 0 aliphatic carbocycles. The van der Waals surface area contributed by atoms with Gasteiger partial charge in [-0.2, -0.15) is 0 Å². The zero-order valence-electron chi connectivity index (χ0n) is 13.4. The van der Waals surface area contributed by atoms with Crippen LogP contribution in [0.5, 0.6) is 11.5 Å². The van der Waals surface area contributed by atoms with E-state index < -0.39 is 10.8 Å². The highest BCUT2D eigenvalue weighted by Crippen LogP contribution is 2.35. The zero-order valence-corrected chi connectivity index (χ0v) is 13.4. The Hall–Kier alpha value is -3.09. The molecule has 2 aromatic carbocycles. The van der Waals surface area contributed by atoms with Crippen molar-refractivity contribution < 1.29 is 19.2 Å². The third-order valence-corrected chi connectivity index (χ3v) is 3.13. The smallest absolute Gasteiger partial charge is 0.314 e. The third kappa shape index (κ3) is 4.01. The Labute approximate surface area is 139 Å². The Bertz CT molecular complexity index is 731. The molecule has 0 heterocycles. The molecule has 0 radical (unpaired) electrons. The minimum Gasteiger partial charge on any atom is -0.493 e. The minimum atomic E-state index is -0.563. The van der Waals surface area contributed by atoms with Gasteiger partial charge in [-0.1, -0.05) is 18.2 Å². The summed E-state index contributed by atoms with van der Waals surface area (Å²) >= 11 is 0. The van der Waals surface area contributed by atoms with E-state index in [0.29, 0.717) is 5.69 Å². The number of carbonyl (C=O) groups is 1. The molecule has 24 heavy (non-hydrogen) atoms. The first-order valence-electron chi connectivity index (χ1n) is 7.51. The summed E-state index contributed by atoms with van der Waals surface area (Å²) in [6, 6.07) is 11.5. The molecule has 1 N–H and O–H groups in total. The fourth-order valence-electron chi connectivity index (χ4n) is 2.14. The summed E-state index contributed by atoms with van der Waals surface area (Å²) in [5.74, 6) is -0.259. The standard InChI is InChI=1S/C17H18N2O5/c1-3-23-15-11-14(19(21)22)16(24-4-2)10-13(15)17(20)18-12-8-6-5-7-9-12/h5-11H,3-4H2,1-2H3,(H,18,20). The first-order valence-corrected chi connectivity index (χ1v) is 7.51. The monoisotopic (exact) mass is 330 g/mol. The summed E-state index contributed by atoms with van der Waals surface area (Å²) in [5.41, 5.74) is 0.549. The molecule has 126 valence electrons. The largest absolute Gasteiger partial charge is 0.493 e. The number of benzene rings is 2. The van der Waals surface area contributed by atoms with E-state index in [9.17, 15) is 14.9 Å². The average Bonchev–Trinajstić information content (AvgIpc) is 2.57. The van der Waals surface area contributed by atoms with Crippen LogP contribution in [-0.4, -0.2) is 24.0 Å². The Kier molecular flexibility index (Phi) is 5.73. The van der Waals surface area contributed by atoms with Gasteiger partial charge in [0, 0.05) is 11.8 Å². The van der Waals surface area contributed by atoms with E-state index in [4.69, 9.17) is 9.47 Å². The molecule has 0 saturated carbocycles. The molecule has 0 aromatic heterocycles. The van der Waals surface area contributed by atoms with E-state index in [-0.39, 0.29) is 36.0 Å². The predicted molar refractivity (Wildman–Crippen MR) is 89.8 cm³/mol. The summed E-state index contributed by atoms with van der Waals surface area (Å²) < 4.78 is 10.7. The molecule has 0 spiro atoms.